The van der Waals surface area contributed by atoms with E-state index in [1.165, 1.54) is 35.1 Å². The number of halogens is 1. The molecule has 1 saturated heterocycles. The summed E-state index contributed by atoms with van der Waals surface area (Å²) < 4.78 is 20.4. The zero-order chi connectivity index (χ0) is 27.4. The van der Waals surface area contributed by atoms with Crippen molar-refractivity contribution in [2.24, 2.45) is 0 Å². The number of anilines is 1. The summed E-state index contributed by atoms with van der Waals surface area (Å²) >= 11 is 2.39. The summed E-state index contributed by atoms with van der Waals surface area (Å²) in [6, 6.07) is 15.7. The van der Waals surface area contributed by atoms with Gasteiger partial charge in [-0.1, -0.05) is 60.4 Å². The molecule has 0 bridgehead atoms. The second kappa shape index (κ2) is 11.7. The molecule has 1 unspecified atom stereocenters. The second-order valence-corrected chi connectivity index (χ2v) is 10.7. The normalized spacial score (nSPS) is 16.6. The Kier molecular flexibility index (Phi) is 7.99. The summed E-state index contributed by atoms with van der Waals surface area (Å²) in [6.45, 7) is 2.49. The monoisotopic (exact) mass is 562 g/mol. The number of ether oxygens (including phenoxy) is 1. The Morgan fingerprint density at radius 2 is 1.90 bits per heavy atom. The van der Waals surface area contributed by atoms with Crippen molar-refractivity contribution in [2.75, 3.05) is 11.5 Å². The molecule has 1 fully saturated rings. The molecule has 0 aliphatic carbocycles. The van der Waals surface area contributed by atoms with Crippen LogP contribution in [-0.4, -0.2) is 38.6 Å². The number of hydrogen-bond acceptors (Lipinski definition) is 9. The lowest BCUT2D eigenvalue weighted by Gasteiger charge is -2.23. The molecule has 1 amide bonds. The van der Waals surface area contributed by atoms with E-state index in [2.05, 4.69) is 15.2 Å². The quantitative estimate of drug-likeness (QED) is 0.0900. The number of rotatable bonds is 9. The molecule has 8 nitrogen and oxygen atoms in total. The molecule has 198 valence electrons. The Morgan fingerprint density at radius 3 is 2.67 bits per heavy atom. The van der Waals surface area contributed by atoms with E-state index in [4.69, 9.17) is 4.74 Å². The molecule has 1 N–H and O–H groups in total. The van der Waals surface area contributed by atoms with E-state index in [9.17, 15) is 19.1 Å². The van der Waals surface area contributed by atoms with E-state index in [1.807, 2.05) is 6.92 Å². The number of ketones is 1. The fraction of sp³-hybridized carbons (Fsp3) is 0.179. The summed E-state index contributed by atoms with van der Waals surface area (Å²) in [6.07, 6.45) is 3.79. The van der Waals surface area contributed by atoms with E-state index >= 15 is 0 Å². The van der Waals surface area contributed by atoms with Gasteiger partial charge in [-0.25, -0.2) is 4.39 Å². The summed E-state index contributed by atoms with van der Waals surface area (Å²) in [5.74, 6) is -1.42. The van der Waals surface area contributed by atoms with Crippen LogP contribution < -0.4 is 9.64 Å². The van der Waals surface area contributed by atoms with Gasteiger partial charge in [0.15, 0.2) is 4.34 Å². The molecule has 1 aliphatic rings. The van der Waals surface area contributed by atoms with Gasteiger partial charge in [-0.3, -0.25) is 19.5 Å². The number of thioether (sulfide) groups is 1. The number of aliphatic hydroxyl groups is 1. The Bertz CT molecular complexity index is 1540. The molecular formula is C28H23FN4O4S2. The van der Waals surface area contributed by atoms with Crippen LogP contribution in [0.25, 0.3) is 5.76 Å². The summed E-state index contributed by atoms with van der Waals surface area (Å²) in [5.41, 5.74) is 1.36. The van der Waals surface area contributed by atoms with Gasteiger partial charge in [0, 0.05) is 23.7 Å². The van der Waals surface area contributed by atoms with Crippen LogP contribution in [0.2, 0.25) is 0 Å². The van der Waals surface area contributed by atoms with E-state index < -0.39 is 17.7 Å². The maximum Gasteiger partial charge on any atom is 0.301 e. The van der Waals surface area contributed by atoms with Crippen molar-refractivity contribution in [1.82, 2.24) is 15.2 Å². The number of amides is 1. The number of aromatic nitrogens is 3. The third-order valence-electron chi connectivity index (χ3n) is 5.96. The van der Waals surface area contributed by atoms with Crippen LogP contribution in [0.15, 0.2) is 83.0 Å². The van der Waals surface area contributed by atoms with Crippen molar-refractivity contribution in [3.05, 3.63) is 101 Å². The summed E-state index contributed by atoms with van der Waals surface area (Å²) in [7, 11) is 0. The zero-order valence-corrected chi connectivity index (χ0v) is 22.4. The predicted molar refractivity (Wildman–Crippen MR) is 147 cm³/mol. The largest absolute Gasteiger partial charge is 0.507 e. The van der Waals surface area contributed by atoms with Crippen LogP contribution in [-0.2, 0) is 15.3 Å². The minimum absolute atomic E-state index is 0.0744. The third-order valence-corrected chi connectivity index (χ3v) is 8.06. The molecule has 5 rings (SSSR count). The van der Waals surface area contributed by atoms with Gasteiger partial charge < -0.3 is 9.84 Å². The van der Waals surface area contributed by atoms with Gasteiger partial charge in [0.25, 0.3) is 5.78 Å². The molecule has 1 atom stereocenters. The number of aliphatic hydroxyl groups excluding tert-OH is 1. The van der Waals surface area contributed by atoms with Gasteiger partial charge in [-0.2, -0.15) is 0 Å². The molecule has 4 aromatic rings. The standard InChI is InChI=1S/C28H23FN4O4S2/c1-2-14-37-20-8-5-7-18(15-20)23-22(24(34)17-10-12-30-13-11-17)25(35)26(36)33(23)27-31-32-28(39-27)38-16-19-6-3-4-9-21(19)29/h3-13,15,23,34H,2,14,16H2,1H3. The van der Waals surface area contributed by atoms with Crippen LogP contribution in [0.3, 0.4) is 0 Å². The number of carbonyl (C=O) groups is 2. The van der Waals surface area contributed by atoms with Crippen molar-refractivity contribution < 1.29 is 23.8 Å². The number of nitrogens with zero attached hydrogens (tertiary/aromatic N) is 4. The van der Waals surface area contributed by atoms with Crippen LogP contribution in [0.1, 0.15) is 36.1 Å². The molecule has 1 aliphatic heterocycles. The van der Waals surface area contributed by atoms with E-state index in [1.54, 1.807) is 54.6 Å². The topological polar surface area (TPSA) is 106 Å². The number of hydrogen-bond donors (Lipinski definition) is 1. The van der Waals surface area contributed by atoms with E-state index in [0.29, 0.717) is 39.1 Å². The Morgan fingerprint density at radius 1 is 1.10 bits per heavy atom. The fourth-order valence-corrected chi connectivity index (χ4v) is 5.97. The van der Waals surface area contributed by atoms with Gasteiger partial charge in [0.2, 0.25) is 5.13 Å². The summed E-state index contributed by atoms with van der Waals surface area (Å²) in [4.78, 5) is 32.0. The van der Waals surface area contributed by atoms with E-state index in [-0.39, 0.29) is 22.3 Å². The van der Waals surface area contributed by atoms with E-state index in [0.717, 1.165) is 17.8 Å². The maximum atomic E-state index is 14.1. The smallest absolute Gasteiger partial charge is 0.301 e. The average molecular weight is 563 g/mol. The number of pyridine rings is 1. The molecule has 11 heteroatoms. The first-order chi connectivity index (χ1) is 19.0. The lowest BCUT2D eigenvalue weighted by atomic mass is 9.95. The first-order valence-electron chi connectivity index (χ1n) is 12.1. The number of Topliss-reactive ketones (excluding diaryl/α,β-unsaturated/α-hetero) is 1. The van der Waals surface area contributed by atoms with Crippen LogP contribution >= 0.6 is 23.1 Å². The van der Waals surface area contributed by atoms with Crippen molar-refractivity contribution in [1.29, 1.82) is 0 Å². The minimum atomic E-state index is -0.972. The van der Waals surface area contributed by atoms with Crippen LogP contribution in [0, 0.1) is 5.82 Å². The SMILES string of the molecule is CCCOc1cccc(C2C(=C(O)c3ccncc3)C(=O)C(=O)N2c2nnc(SCc3ccccc3F)s2)c1. The third kappa shape index (κ3) is 5.55. The predicted octanol–water partition coefficient (Wildman–Crippen LogP) is 5.78. The van der Waals surface area contributed by atoms with Gasteiger partial charge in [0.1, 0.15) is 17.3 Å². The van der Waals surface area contributed by atoms with Crippen LogP contribution in [0.5, 0.6) is 5.75 Å². The Labute approximate surface area is 232 Å². The molecular weight excluding hydrogens is 539 g/mol. The molecule has 0 radical (unpaired) electrons. The average Bonchev–Trinajstić information content (AvgIpc) is 3.53. The molecule has 39 heavy (non-hydrogen) atoms. The highest BCUT2D eigenvalue weighted by atomic mass is 32.2. The first-order valence-corrected chi connectivity index (χ1v) is 13.9. The highest BCUT2D eigenvalue weighted by Gasteiger charge is 2.48. The van der Waals surface area contributed by atoms with Crippen molar-refractivity contribution in [3.63, 3.8) is 0 Å². The highest BCUT2D eigenvalue weighted by Crippen LogP contribution is 2.44. The Hall–Kier alpha value is -4.09. The second-order valence-electron chi connectivity index (χ2n) is 8.56. The van der Waals surface area contributed by atoms with Gasteiger partial charge in [0.05, 0.1) is 18.2 Å². The van der Waals surface area contributed by atoms with Gasteiger partial charge >= 0.3 is 5.91 Å². The highest BCUT2D eigenvalue weighted by molar-refractivity contribution is 8.00. The number of carbonyl (C=O) groups excluding carboxylic acids is 2. The zero-order valence-electron chi connectivity index (χ0n) is 20.8. The lowest BCUT2D eigenvalue weighted by Crippen LogP contribution is -2.29. The Balaban J connectivity index is 1.54. The van der Waals surface area contributed by atoms with Gasteiger partial charge in [-0.05, 0) is 47.9 Å². The molecule has 2 aromatic heterocycles. The molecule has 0 spiro atoms. The van der Waals surface area contributed by atoms with Crippen LogP contribution in [0.4, 0.5) is 9.52 Å². The molecule has 0 saturated carbocycles. The van der Waals surface area contributed by atoms with Crippen molar-refractivity contribution in [2.45, 2.75) is 29.5 Å². The van der Waals surface area contributed by atoms with Crippen molar-refractivity contribution in [3.8, 4) is 5.75 Å². The lowest BCUT2D eigenvalue weighted by molar-refractivity contribution is -0.132. The van der Waals surface area contributed by atoms with Crippen molar-refractivity contribution >= 4 is 45.7 Å². The number of benzene rings is 2. The minimum Gasteiger partial charge on any atom is -0.507 e. The maximum absolute atomic E-state index is 14.1. The molecule has 3 heterocycles. The fourth-order valence-electron chi connectivity index (χ4n) is 4.12. The van der Waals surface area contributed by atoms with Gasteiger partial charge in [-0.15, -0.1) is 10.2 Å². The first kappa shape index (κ1) is 26.5. The summed E-state index contributed by atoms with van der Waals surface area (Å²) in [5, 5.41) is 19.8. The molecule has 2 aromatic carbocycles.